The van der Waals surface area contributed by atoms with Crippen molar-refractivity contribution in [1.29, 1.82) is 0 Å². The first-order chi connectivity index (χ1) is 8.36. The van der Waals surface area contributed by atoms with Crippen molar-refractivity contribution in [1.82, 2.24) is 0 Å². The quantitative estimate of drug-likeness (QED) is 0.325. The lowest BCUT2D eigenvalue weighted by Gasteiger charge is -2.04. The van der Waals surface area contributed by atoms with E-state index in [0.29, 0.717) is 6.61 Å². The Hall–Kier alpha value is -1.35. The molecule has 0 fully saturated rings. The van der Waals surface area contributed by atoms with Gasteiger partial charge in [0.05, 0.1) is 12.8 Å². The highest BCUT2D eigenvalue weighted by Gasteiger charge is 1.94. The third kappa shape index (κ3) is 6.07. The van der Waals surface area contributed by atoms with Crippen LogP contribution in [0.1, 0.15) is 43.7 Å². The minimum absolute atomic E-state index is 0.687. The van der Waals surface area contributed by atoms with E-state index in [1.54, 1.807) is 6.21 Å². The summed E-state index contributed by atoms with van der Waals surface area (Å²) in [5, 5.41) is 3.48. The van der Waals surface area contributed by atoms with Crippen molar-refractivity contribution in [3.05, 3.63) is 35.4 Å². The van der Waals surface area contributed by atoms with Crippen LogP contribution in [0, 0.1) is 0 Å². The molecule has 1 aromatic rings. The van der Waals surface area contributed by atoms with Gasteiger partial charge in [0, 0.05) is 6.61 Å². The van der Waals surface area contributed by atoms with Gasteiger partial charge in [-0.2, -0.15) is 5.10 Å². The summed E-state index contributed by atoms with van der Waals surface area (Å²) in [6, 6.07) is 8.07. The highest BCUT2D eigenvalue weighted by molar-refractivity contribution is 5.79. The fraction of sp³-hybridized carbons (Fsp3) is 0.500. The Kier molecular flexibility index (Phi) is 7.07. The largest absolute Gasteiger partial charge is 0.377 e. The molecule has 3 heteroatoms. The third-order valence-corrected chi connectivity index (χ3v) is 2.61. The Labute approximate surface area is 104 Å². The molecule has 0 heterocycles. The minimum Gasteiger partial charge on any atom is -0.377 e. The lowest BCUT2D eigenvalue weighted by atomic mass is 10.1. The first-order valence-electron chi connectivity index (χ1n) is 6.26. The first-order valence-corrected chi connectivity index (χ1v) is 6.26. The van der Waals surface area contributed by atoms with Gasteiger partial charge in [-0.3, -0.25) is 0 Å². The van der Waals surface area contributed by atoms with E-state index in [-0.39, 0.29) is 0 Å². The maximum Gasteiger partial charge on any atom is 0.0716 e. The van der Waals surface area contributed by atoms with E-state index >= 15 is 0 Å². The predicted octanol–water partition coefficient (Wildman–Crippen LogP) is 3.08. The Morgan fingerprint density at radius 1 is 1.18 bits per heavy atom. The molecule has 0 aliphatic carbocycles. The van der Waals surface area contributed by atoms with Crippen molar-refractivity contribution in [2.75, 3.05) is 6.61 Å². The van der Waals surface area contributed by atoms with Crippen LogP contribution in [-0.2, 0) is 11.3 Å². The zero-order valence-corrected chi connectivity index (χ0v) is 10.6. The van der Waals surface area contributed by atoms with Crippen LogP contribution in [0.15, 0.2) is 29.4 Å². The number of nitrogens with two attached hydrogens (primary N) is 1. The number of ether oxygens (including phenoxy) is 1. The van der Waals surface area contributed by atoms with Crippen molar-refractivity contribution >= 4 is 6.21 Å². The van der Waals surface area contributed by atoms with Crippen LogP contribution in [-0.4, -0.2) is 12.8 Å². The lowest BCUT2D eigenvalue weighted by Crippen LogP contribution is -1.96. The number of benzene rings is 1. The molecule has 0 bridgehead atoms. The molecule has 0 aromatic heterocycles. The van der Waals surface area contributed by atoms with Crippen LogP contribution in [0.5, 0.6) is 0 Å². The number of unbranched alkanes of at least 4 members (excludes halogenated alkanes) is 3. The summed E-state index contributed by atoms with van der Waals surface area (Å²) < 4.78 is 5.61. The molecule has 0 radical (unpaired) electrons. The van der Waals surface area contributed by atoms with Crippen LogP contribution >= 0.6 is 0 Å². The molecule has 2 N–H and O–H groups in total. The highest BCUT2D eigenvalue weighted by atomic mass is 16.5. The van der Waals surface area contributed by atoms with Gasteiger partial charge in [0.25, 0.3) is 0 Å². The molecule has 0 aliphatic heterocycles. The molecule has 3 nitrogen and oxygen atoms in total. The van der Waals surface area contributed by atoms with Gasteiger partial charge in [-0.15, -0.1) is 0 Å². The van der Waals surface area contributed by atoms with Crippen molar-refractivity contribution < 1.29 is 4.74 Å². The molecule has 1 aromatic carbocycles. The molecule has 0 aliphatic rings. The second-order valence-corrected chi connectivity index (χ2v) is 4.13. The van der Waals surface area contributed by atoms with Gasteiger partial charge >= 0.3 is 0 Å². The van der Waals surface area contributed by atoms with Gasteiger partial charge < -0.3 is 10.6 Å². The molecule has 17 heavy (non-hydrogen) atoms. The normalized spacial score (nSPS) is 11.1. The van der Waals surface area contributed by atoms with Gasteiger partial charge in [0.15, 0.2) is 0 Å². The summed E-state index contributed by atoms with van der Waals surface area (Å²) >= 11 is 0. The Morgan fingerprint density at radius 3 is 2.59 bits per heavy atom. The van der Waals surface area contributed by atoms with Crippen molar-refractivity contribution in [3.63, 3.8) is 0 Å². The molecule has 0 spiro atoms. The van der Waals surface area contributed by atoms with E-state index < -0.39 is 0 Å². The van der Waals surface area contributed by atoms with Crippen LogP contribution in [0.3, 0.4) is 0 Å². The first kappa shape index (κ1) is 13.7. The SMILES string of the molecule is CCCCCCOCc1ccc(C=NN)cc1. The molecular formula is C14H22N2O. The fourth-order valence-corrected chi connectivity index (χ4v) is 1.61. The molecule has 0 saturated carbocycles. The van der Waals surface area contributed by atoms with Crippen LogP contribution in [0.2, 0.25) is 0 Å². The van der Waals surface area contributed by atoms with E-state index in [2.05, 4.69) is 12.0 Å². The maximum absolute atomic E-state index is 5.61. The summed E-state index contributed by atoms with van der Waals surface area (Å²) in [5.74, 6) is 5.08. The summed E-state index contributed by atoms with van der Waals surface area (Å²) in [7, 11) is 0. The Balaban J connectivity index is 2.18. The molecule has 1 rings (SSSR count). The minimum atomic E-state index is 0.687. The molecule has 0 saturated heterocycles. The molecule has 0 atom stereocenters. The van der Waals surface area contributed by atoms with E-state index in [1.807, 2.05) is 24.3 Å². The number of nitrogens with zero attached hydrogens (tertiary/aromatic N) is 1. The average Bonchev–Trinajstić information content (AvgIpc) is 2.36. The Bertz CT molecular complexity index is 319. The van der Waals surface area contributed by atoms with Crippen LogP contribution < -0.4 is 5.84 Å². The van der Waals surface area contributed by atoms with Crippen LogP contribution in [0.25, 0.3) is 0 Å². The fourth-order valence-electron chi connectivity index (χ4n) is 1.61. The molecular weight excluding hydrogens is 212 g/mol. The lowest BCUT2D eigenvalue weighted by molar-refractivity contribution is 0.117. The van der Waals surface area contributed by atoms with E-state index in [4.69, 9.17) is 10.6 Å². The topological polar surface area (TPSA) is 47.6 Å². The number of hydrogen-bond acceptors (Lipinski definition) is 3. The molecule has 94 valence electrons. The van der Waals surface area contributed by atoms with Gasteiger partial charge in [-0.25, -0.2) is 0 Å². The monoisotopic (exact) mass is 234 g/mol. The van der Waals surface area contributed by atoms with Crippen molar-refractivity contribution in [2.45, 2.75) is 39.2 Å². The van der Waals surface area contributed by atoms with Gasteiger partial charge in [0.2, 0.25) is 0 Å². The predicted molar refractivity (Wildman–Crippen MR) is 72.0 cm³/mol. The van der Waals surface area contributed by atoms with E-state index in [0.717, 1.165) is 18.6 Å². The highest BCUT2D eigenvalue weighted by Crippen LogP contribution is 2.05. The number of hydrogen-bond donors (Lipinski definition) is 1. The zero-order valence-electron chi connectivity index (χ0n) is 10.6. The average molecular weight is 234 g/mol. The van der Waals surface area contributed by atoms with Gasteiger partial charge in [-0.1, -0.05) is 50.5 Å². The smallest absolute Gasteiger partial charge is 0.0716 e. The summed E-state index contributed by atoms with van der Waals surface area (Å²) in [6.07, 6.45) is 6.63. The van der Waals surface area contributed by atoms with Crippen molar-refractivity contribution in [2.24, 2.45) is 10.9 Å². The van der Waals surface area contributed by atoms with E-state index in [1.165, 1.54) is 24.8 Å². The van der Waals surface area contributed by atoms with Gasteiger partial charge in [0.1, 0.15) is 0 Å². The second kappa shape index (κ2) is 8.76. The third-order valence-electron chi connectivity index (χ3n) is 2.61. The summed E-state index contributed by atoms with van der Waals surface area (Å²) in [4.78, 5) is 0. The summed E-state index contributed by atoms with van der Waals surface area (Å²) in [5.41, 5.74) is 2.20. The van der Waals surface area contributed by atoms with Crippen LogP contribution in [0.4, 0.5) is 0 Å². The van der Waals surface area contributed by atoms with Gasteiger partial charge in [-0.05, 0) is 17.5 Å². The van der Waals surface area contributed by atoms with Crippen molar-refractivity contribution in [3.8, 4) is 0 Å². The molecule has 0 amide bonds. The maximum atomic E-state index is 5.61. The van der Waals surface area contributed by atoms with E-state index in [9.17, 15) is 0 Å². The Morgan fingerprint density at radius 2 is 1.94 bits per heavy atom. The zero-order chi connectivity index (χ0) is 12.3. The second-order valence-electron chi connectivity index (χ2n) is 4.13. The number of rotatable bonds is 8. The molecule has 0 unspecified atom stereocenters. The standard InChI is InChI=1S/C14H22N2O/c1-2-3-4-5-10-17-12-14-8-6-13(7-9-14)11-16-15/h6-9,11H,2-5,10,12,15H2,1H3. The number of hydrazone groups is 1. The summed E-state index contributed by atoms with van der Waals surface area (Å²) in [6.45, 7) is 3.76.